The Morgan fingerprint density at radius 1 is 1.20 bits per heavy atom. The lowest BCUT2D eigenvalue weighted by molar-refractivity contribution is -0.160. The van der Waals surface area contributed by atoms with Crippen LogP contribution in [0.25, 0.3) is 0 Å². The van der Waals surface area contributed by atoms with Crippen molar-refractivity contribution >= 4 is 5.97 Å². The van der Waals surface area contributed by atoms with E-state index >= 15 is 0 Å². The number of ether oxygens (including phenoxy) is 2. The van der Waals surface area contributed by atoms with Crippen molar-refractivity contribution in [3.63, 3.8) is 0 Å². The fourth-order valence-corrected chi connectivity index (χ4v) is 4.24. The number of aryl methyl sites for hydroxylation is 1. The summed E-state index contributed by atoms with van der Waals surface area (Å²) >= 11 is 0. The molecule has 2 fully saturated rings. The van der Waals surface area contributed by atoms with Crippen LogP contribution in [0.4, 0.5) is 0 Å². The molecule has 4 nitrogen and oxygen atoms in total. The highest BCUT2D eigenvalue weighted by atomic mass is 16.5. The molecule has 1 aromatic carbocycles. The van der Waals surface area contributed by atoms with Gasteiger partial charge in [0.15, 0.2) is 0 Å². The number of esters is 1. The van der Waals surface area contributed by atoms with Crippen LogP contribution in [0.3, 0.4) is 0 Å². The molecule has 0 unspecified atom stereocenters. The molecule has 1 aromatic rings. The van der Waals surface area contributed by atoms with Crippen molar-refractivity contribution in [2.45, 2.75) is 51.5 Å². The predicted molar refractivity (Wildman–Crippen MR) is 98.5 cm³/mol. The molecule has 138 valence electrons. The highest BCUT2D eigenvalue weighted by Crippen LogP contribution is 2.39. The first-order valence-electron chi connectivity index (χ1n) is 9.76. The highest BCUT2D eigenvalue weighted by Gasteiger charge is 2.43. The van der Waals surface area contributed by atoms with E-state index in [2.05, 4.69) is 29.2 Å². The molecule has 4 heteroatoms. The van der Waals surface area contributed by atoms with Crippen molar-refractivity contribution in [1.29, 1.82) is 0 Å². The average molecular weight is 345 g/mol. The maximum atomic E-state index is 12.8. The number of likely N-dealkylation sites (tertiary alicyclic amines) is 1. The molecule has 0 radical (unpaired) electrons. The summed E-state index contributed by atoms with van der Waals surface area (Å²) in [4.78, 5) is 15.3. The fraction of sp³-hybridized carbons (Fsp3) is 0.667. The summed E-state index contributed by atoms with van der Waals surface area (Å²) in [5.41, 5.74) is 0.992. The van der Waals surface area contributed by atoms with Crippen LogP contribution in [0.2, 0.25) is 0 Å². The number of piperidine rings is 1. The van der Waals surface area contributed by atoms with E-state index in [1.54, 1.807) is 0 Å². The quantitative estimate of drug-likeness (QED) is 0.740. The van der Waals surface area contributed by atoms with Gasteiger partial charge in [-0.25, -0.2) is 0 Å². The Kier molecular flexibility index (Phi) is 6.49. The van der Waals surface area contributed by atoms with Crippen LogP contribution in [0, 0.1) is 5.41 Å². The molecule has 0 N–H and O–H groups in total. The Hall–Kier alpha value is -1.39. The minimum atomic E-state index is -0.312. The molecular formula is C21H31NO3. The van der Waals surface area contributed by atoms with E-state index in [9.17, 15) is 4.79 Å². The van der Waals surface area contributed by atoms with E-state index in [4.69, 9.17) is 9.47 Å². The van der Waals surface area contributed by atoms with Crippen LogP contribution in [-0.4, -0.2) is 49.8 Å². The van der Waals surface area contributed by atoms with Crippen LogP contribution in [0.15, 0.2) is 30.3 Å². The van der Waals surface area contributed by atoms with E-state index in [1.807, 2.05) is 13.0 Å². The van der Waals surface area contributed by atoms with Gasteiger partial charge in [0.1, 0.15) is 0 Å². The smallest absolute Gasteiger partial charge is 0.312 e. The van der Waals surface area contributed by atoms with Crippen molar-refractivity contribution in [1.82, 2.24) is 4.90 Å². The van der Waals surface area contributed by atoms with Crippen molar-refractivity contribution in [2.24, 2.45) is 5.41 Å². The van der Waals surface area contributed by atoms with Gasteiger partial charge in [-0.3, -0.25) is 4.79 Å². The van der Waals surface area contributed by atoms with Gasteiger partial charge in [-0.2, -0.15) is 0 Å². The molecule has 25 heavy (non-hydrogen) atoms. The lowest BCUT2D eigenvalue weighted by Crippen LogP contribution is -2.50. The standard InChI is InChI=1S/C21H31NO3/c1-2-25-20(23)21(11-8-18-6-4-3-5-7-18)12-14-22(15-13-21)19-9-16-24-17-10-19/h3-7,19H,2,8-17H2,1H3. The minimum Gasteiger partial charge on any atom is -0.466 e. The molecule has 3 rings (SSSR count). The second-order valence-electron chi connectivity index (χ2n) is 7.37. The van der Waals surface area contributed by atoms with Gasteiger partial charge < -0.3 is 14.4 Å². The number of rotatable bonds is 6. The summed E-state index contributed by atoms with van der Waals surface area (Å²) in [6.45, 7) is 6.11. The second kappa shape index (κ2) is 8.81. The van der Waals surface area contributed by atoms with Crippen molar-refractivity contribution < 1.29 is 14.3 Å². The van der Waals surface area contributed by atoms with Gasteiger partial charge in [0, 0.05) is 19.3 Å². The lowest BCUT2D eigenvalue weighted by atomic mass is 9.73. The van der Waals surface area contributed by atoms with Crippen LogP contribution < -0.4 is 0 Å². The summed E-state index contributed by atoms with van der Waals surface area (Å²) in [6.07, 6.45) is 5.90. The maximum absolute atomic E-state index is 12.8. The number of carbonyl (C=O) groups excluding carboxylic acids is 1. The summed E-state index contributed by atoms with van der Waals surface area (Å²) < 4.78 is 11.0. The normalized spacial score (nSPS) is 21.8. The number of nitrogens with zero attached hydrogens (tertiary/aromatic N) is 1. The number of hydrogen-bond acceptors (Lipinski definition) is 4. The molecule has 0 aliphatic carbocycles. The molecule has 2 aliphatic rings. The minimum absolute atomic E-state index is 0.0116. The first-order valence-corrected chi connectivity index (χ1v) is 9.76. The average Bonchev–Trinajstić information content (AvgIpc) is 2.68. The van der Waals surface area contributed by atoms with Gasteiger partial charge in [-0.1, -0.05) is 30.3 Å². The van der Waals surface area contributed by atoms with Gasteiger partial charge in [-0.05, 0) is 64.1 Å². The molecule has 0 atom stereocenters. The summed E-state index contributed by atoms with van der Waals surface area (Å²) in [7, 11) is 0. The monoisotopic (exact) mass is 345 g/mol. The van der Waals surface area contributed by atoms with Crippen molar-refractivity contribution in [2.75, 3.05) is 32.9 Å². The molecule has 0 amide bonds. The largest absolute Gasteiger partial charge is 0.466 e. The molecule has 2 aliphatic heterocycles. The van der Waals surface area contributed by atoms with E-state index < -0.39 is 0 Å². The topological polar surface area (TPSA) is 38.8 Å². The summed E-state index contributed by atoms with van der Waals surface area (Å²) in [6, 6.07) is 11.1. The van der Waals surface area contributed by atoms with E-state index in [0.717, 1.165) is 64.8 Å². The van der Waals surface area contributed by atoms with Gasteiger partial charge in [0.05, 0.1) is 12.0 Å². The van der Waals surface area contributed by atoms with Crippen molar-refractivity contribution in [3.05, 3.63) is 35.9 Å². The maximum Gasteiger partial charge on any atom is 0.312 e. The molecule has 0 aromatic heterocycles. The number of hydrogen-bond donors (Lipinski definition) is 0. The van der Waals surface area contributed by atoms with E-state index in [-0.39, 0.29) is 11.4 Å². The van der Waals surface area contributed by atoms with Gasteiger partial charge in [-0.15, -0.1) is 0 Å². The van der Waals surface area contributed by atoms with E-state index in [1.165, 1.54) is 5.56 Å². The van der Waals surface area contributed by atoms with Crippen molar-refractivity contribution in [3.8, 4) is 0 Å². The third-order valence-corrected chi connectivity index (χ3v) is 5.91. The highest BCUT2D eigenvalue weighted by molar-refractivity contribution is 5.77. The fourth-order valence-electron chi connectivity index (χ4n) is 4.24. The Morgan fingerprint density at radius 3 is 2.52 bits per heavy atom. The third kappa shape index (κ3) is 4.62. The number of carbonyl (C=O) groups is 1. The first kappa shape index (κ1) is 18.4. The zero-order valence-corrected chi connectivity index (χ0v) is 15.4. The van der Waals surface area contributed by atoms with E-state index in [0.29, 0.717) is 12.6 Å². The Balaban J connectivity index is 1.63. The zero-order chi connectivity index (χ0) is 17.5. The SMILES string of the molecule is CCOC(=O)C1(CCc2ccccc2)CCN(C2CCOCC2)CC1. The molecule has 0 saturated carbocycles. The number of benzene rings is 1. The third-order valence-electron chi connectivity index (χ3n) is 5.91. The van der Waals surface area contributed by atoms with Crippen LogP contribution in [0.1, 0.15) is 44.6 Å². The Labute approximate surface area is 151 Å². The molecular weight excluding hydrogens is 314 g/mol. The predicted octanol–water partition coefficient (Wildman–Crippen LogP) is 3.44. The Morgan fingerprint density at radius 2 is 1.88 bits per heavy atom. The van der Waals surface area contributed by atoms with Gasteiger partial charge in [0.2, 0.25) is 0 Å². The summed E-state index contributed by atoms with van der Waals surface area (Å²) in [5.74, 6) is 0.0116. The van der Waals surface area contributed by atoms with Gasteiger partial charge in [0.25, 0.3) is 0 Å². The summed E-state index contributed by atoms with van der Waals surface area (Å²) in [5, 5.41) is 0. The molecule has 2 heterocycles. The molecule has 0 spiro atoms. The Bertz CT molecular complexity index is 531. The first-order chi connectivity index (χ1) is 12.2. The van der Waals surface area contributed by atoms with Gasteiger partial charge >= 0.3 is 5.97 Å². The van der Waals surface area contributed by atoms with Crippen LogP contribution in [-0.2, 0) is 20.7 Å². The second-order valence-corrected chi connectivity index (χ2v) is 7.37. The molecule has 0 bridgehead atoms. The zero-order valence-electron chi connectivity index (χ0n) is 15.4. The lowest BCUT2D eigenvalue weighted by Gasteiger charge is -2.44. The van der Waals surface area contributed by atoms with Crippen LogP contribution in [0.5, 0.6) is 0 Å². The molecule has 2 saturated heterocycles. The van der Waals surface area contributed by atoms with Crippen LogP contribution >= 0.6 is 0 Å².